The zero-order valence-corrected chi connectivity index (χ0v) is 12.1. The summed E-state index contributed by atoms with van der Waals surface area (Å²) in [5, 5.41) is 10.4. The maximum absolute atomic E-state index is 10.4. The van der Waals surface area contributed by atoms with Gasteiger partial charge in [-0.25, -0.2) is 4.98 Å². The Hall–Kier alpha value is -1.39. The summed E-state index contributed by atoms with van der Waals surface area (Å²) in [7, 11) is 1.69. The van der Waals surface area contributed by atoms with Crippen LogP contribution < -0.4 is 0 Å². The minimum Gasteiger partial charge on any atom is -0.390 e. The second kappa shape index (κ2) is 5.54. The fourth-order valence-corrected chi connectivity index (χ4v) is 3.03. The third kappa shape index (κ3) is 2.45. The van der Waals surface area contributed by atoms with Crippen LogP contribution in [0, 0.1) is 5.92 Å². The van der Waals surface area contributed by atoms with E-state index in [2.05, 4.69) is 22.5 Å². The lowest BCUT2D eigenvalue weighted by Gasteiger charge is -2.21. The van der Waals surface area contributed by atoms with E-state index in [9.17, 15) is 5.11 Å². The number of hydrogen-bond acceptors (Lipinski definition) is 3. The second-order valence-electron chi connectivity index (χ2n) is 5.57. The molecule has 0 aliphatic heterocycles. The molecule has 1 fully saturated rings. The summed E-state index contributed by atoms with van der Waals surface area (Å²) in [6.07, 6.45) is 2.35. The maximum atomic E-state index is 10.4. The fraction of sp³-hybridized carbons (Fsp3) is 0.562. The highest BCUT2D eigenvalue weighted by molar-refractivity contribution is 5.75. The Bertz CT molecular complexity index is 589. The number of aliphatic hydroxyl groups is 1. The molecule has 1 saturated carbocycles. The van der Waals surface area contributed by atoms with Crippen molar-refractivity contribution in [2.45, 2.75) is 44.9 Å². The van der Waals surface area contributed by atoms with Crippen molar-refractivity contribution >= 4 is 11.0 Å². The normalized spacial score (nSPS) is 18.4. The molecule has 0 radical (unpaired) electrons. The quantitative estimate of drug-likeness (QED) is 0.880. The highest BCUT2D eigenvalue weighted by atomic mass is 16.5. The van der Waals surface area contributed by atoms with E-state index in [4.69, 9.17) is 4.74 Å². The van der Waals surface area contributed by atoms with Gasteiger partial charge < -0.3 is 14.4 Å². The summed E-state index contributed by atoms with van der Waals surface area (Å²) in [5.41, 5.74) is 2.13. The van der Waals surface area contributed by atoms with Crippen molar-refractivity contribution in [3.05, 3.63) is 30.1 Å². The van der Waals surface area contributed by atoms with Crippen LogP contribution in [0.2, 0.25) is 0 Å². The molecule has 0 saturated heterocycles. The molecule has 0 bridgehead atoms. The van der Waals surface area contributed by atoms with Crippen LogP contribution in [0.15, 0.2) is 24.3 Å². The van der Waals surface area contributed by atoms with Gasteiger partial charge >= 0.3 is 0 Å². The third-order valence-electron chi connectivity index (χ3n) is 4.18. The number of aromatic nitrogens is 2. The Balaban J connectivity index is 1.86. The molecule has 2 unspecified atom stereocenters. The SMILES string of the molecule is CCn1c(CC(O)C(OC)C2CC2)nc2ccccc21. The first kappa shape index (κ1) is 13.6. The van der Waals surface area contributed by atoms with E-state index in [0.717, 1.165) is 23.4 Å². The minimum absolute atomic E-state index is 0.0554. The lowest BCUT2D eigenvalue weighted by molar-refractivity contribution is -0.0248. The second-order valence-corrected chi connectivity index (χ2v) is 5.57. The van der Waals surface area contributed by atoms with Crippen molar-refractivity contribution in [1.82, 2.24) is 9.55 Å². The van der Waals surface area contributed by atoms with Crippen LogP contribution in [-0.4, -0.2) is 34.0 Å². The van der Waals surface area contributed by atoms with E-state index in [0.29, 0.717) is 12.3 Å². The van der Waals surface area contributed by atoms with Gasteiger partial charge in [0.05, 0.1) is 23.2 Å². The predicted molar refractivity (Wildman–Crippen MR) is 78.6 cm³/mol. The molecular formula is C16H22N2O2. The predicted octanol–water partition coefficient (Wildman–Crippen LogP) is 2.38. The monoisotopic (exact) mass is 274 g/mol. The van der Waals surface area contributed by atoms with E-state index in [1.54, 1.807) is 7.11 Å². The average molecular weight is 274 g/mol. The van der Waals surface area contributed by atoms with E-state index in [-0.39, 0.29) is 6.10 Å². The number of para-hydroxylation sites is 2. The summed E-state index contributed by atoms with van der Waals surface area (Å²) in [6.45, 7) is 2.97. The number of fused-ring (bicyclic) bond motifs is 1. The number of aliphatic hydroxyl groups excluding tert-OH is 1. The highest BCUT2D eigenvalue weighted by Gasteiger charge is 2.36. The number of rotatable bonds is 6. The minimum atomic E-state index is -0.477. The number of hydrogen-bond donors (Lipinski definition) is 1. The van der Waals surface area contributed by atoms with Crippen LogP contribution in [0.4, 0.5) is 0 Å². The van der Waals surface area contributed by atoms with E-state index in [1.165, 1.54) is 12.8 Å². The number of nitrogens with zero attached hydrogens (tertiary/aromatic N) is 2. The van der Waals surface area contributed by atoms with Crippen LogP contribution in [0.25, 0.3) is 11.0 Å². The van der Waals surface area contributed by atoms with Gasteiger partial charge in [-0.1, -0.05) is 12.1 Å². The summed E-state index contributed by atoms with van der Waals surface area (Å²) in [6, 6.07) is 8.12. The number of methoxy groups -OCH3 is 1. The molecule has 1 N–H and O–H groups in total. The van der Waals surface area contributed by atoms with Gasteiger partial charge in [-0.05, 0) is 37.8 Å². The first-order valence-electron chi connectivity index (χ1n) is 7.39. The van der Waals surface area contributed by atoms with E-state index in [1.807, 2.05) is 18.2 Å². The van der Waals surface area contributed by atoms with Crippen molar-refractivity contribution < 1.29 is 9.84 Å². The van der Waals surface area contributed by atoms with Gasteiger partial charge in [0.2, 0.25) is 0 Å². The third-order valence-corrected chi connectivity index (χ3v) is 4.18. The van der Waals surface area contributed by atoms with Crippen molar-refractivity contribution in [3.63, 3.8) is 0 Å². The first-order chi connectivity index (χ1) is 9.74. The average Bonchev–Trinajstić information content (AvgIpc) is 3.21. The molecule has 3 rings (SSSR count). The van der Waals surface area contributed by atoms with E-state index >= 15 is 0 Å². The molecule has 4 heteroatoms. The van der Waals surface area contributed by atoms with Crippen molar-refractivity contribution in [2.75, 3.05) is 7.11 Å². The molecule has 0 spiro atoms. The molecule has 4 nitrogen and oxygen atoms in total. The summed E-state index contributed by atoms with van der Waals surface area (Å²) < 4.78 is 7.65. The Morgan fingerprint density at radius 1 is 1.40 bits per heavy atom. The van der Waals surface area contributed by atoms with Gasteiger partial charge in [-0.15, -0.1) is 0 Å². The number of ether oxygens (including phenoxy) is 1. The topological polar surface area (TPSA) is 47.3 Å². The Kier molecular flexibility index (Phi) is 3.76. The largest absolute Gasteiger partial charge is 0.390 e. The molecule has 0 amide bonds. The zero-order valence-electron chi connectivity index (χ0n) is 12.1. The van der Waals surface area contributed by atoms with Crippen molar-refractivity contribution in [1.29, 1.82) is 0 Å². The van der Waals surface area contributed by atoms with Crippen LogP contribution in [0.1, 0.15) is 25.6 Å². The number of imidazole rings is 1. The van der Waals surface area contributed by atoms with Gasteiger partial charge in [0, 0.05) is 20.1 Å². The van der Waals surface area contributed by atoms with Gasteiger partial charge in [0.25, 0.3) is 0 Å². The van der Waals surface area contributed by atoms with Gasteiger partial charge in [-0.3, -0.25) is 0 Å². The molecule has 1 aromatic carbocycles. The Labute approximate surface area is 119 Å². The number of aryl methyl sites for hydroxylation is 1. The molecular weight excluding hydrogens is 252 g/mol. The van der Waals surface area contributed by atoms with Gasteiger partial charge in [-0.2, -0.15) is 0 Å². The first-order valence-corrected chi connectivity index (χ1v) is 7.39. The fourth-order valence-electron chi connectivity index (χ4n) is 3.03. The molecule has 108 valence electrons. The molecule has 1 aliphatic rings. The lowest BCUT2D eigenvalue weighted by Crippen LogP contribution is -2.32. The standard InChI is InChI=1S/C16H22N2O2/c1-3-18-13-7-5-4-6-12(13)17-15(18)10-14(19)16(20-2)11-8-9-11/h4-7,11,14,16,19H,3,8-10H2,1-2H3. The molecule has 20 heavy (non-hydrogen) atoms. The van der Waals surface area contributed by atoms with Gasteiger partial charge in [0.15, 0.2) is 0 Å². The highest BCUT2D eigenvalue weighted by Crippen LogP contribution is 2.36. The molecule has 1 heterocycles. The lowest BCUT2D eigenvalue weighted by atomic mass is 10.1. The smallest absolute Gasteiger partial charge is 0.112 e. The van der Waals surface area contributed by atoms with Crippen LogP contribution in [0.3, 0.4) is 0 Å². The van der Waals surface area contributed by atoms with Crippen LogP contribution in [-0.2, 0) is 17.7 Å². The Morgan fingerprint density at radius 2 is 2.15 bits per heavy atom. The van der Waals surface area contributed by atoms with E-state index < -0.39 is 6.10 Å². The number of benzene rings is 1. The van der Waals surface area contributed by atoms with Gasteiger partial charge in [0.1, 0.15) is 5.82 Å². The molecule has 2 atom stereocenters. The zero-order chi connectivity index (χ0) is 14.1. The Morgan fingerprint density at radius 3 is 2.80 bits per heavy atom. The van der Waals surface area contributed by atoms with Crippen molar-refractivity contribution in [2.24, 2.45) is 5.92 Å². The maximum Gasteiger partial charge on any atom is 0.112 e. The van der Waals surface area contributed by atoms with Crippen LogP contribution in [0.5, 0.6) is 0 Å². The summed E-state index contributed by atoms with van der Waals surface area (Å²) in [5.74, 6) is 1.47. The molecule has 2 aromatic rings. The molecule has 1 aromatic heterocycles. The summed E-state index contributed by atoms with van der Waals surface area (Å²) >= 11 is 0. The summed E-state index contributed by atoms with van der Waals surface area (Å²) in [4.78, 5) is 4.67. The molecule has 1 aliphatic carbocycles. The van der Waals surface area contributed by atoms with Crippen LogP contribution >= 0.6 is 0 Å². The van der Waals surface area contributed by atoms with Crippen molar-refractivity contribution in [3.8, 4) is 0 Å².